The molecule has 26 heavy (non-hydrogen) atoms. The fourth-order valence-corrected chi connectivity index (χ4v) is 2.57. The van der Waals surface area contributed by atoms with Crippen molar-refractivity contribution in [3.05, 3.63) is 63.4 Å². The van der Waals surface area contributed by atoms with Crippen LogP contribution < -0.4 is 5.32 Å². The summed E-state index contributed by atoms with van der Waals surface area (Å²) in [5.41, 5.74) is -1.24. The molecule has 0 bridgehead atoms. The highest BCUT2D eigenvalue weighted by Crippen LogP contribution is 2.31. The number of carbonyl (C=O) groups is 1. The minimum Gasteiger partial charge on any atom is -0.399 e. The molecule has 0 unspecified atom stereocenters. The first kappa shape index (κ1) is 20.0. The summed E-state index contributed by atoms with van der Waals surface area (Å²) in [5.74, 6) is -0.924. The Hall–Kier alpha value is -2.32. The van der Waals surface area contributed by atoms with Crippen LogP contribution in [0.15, 0.2) is 41.7 Å². The molecule has 2 rings (SSSR count). The first-order valence-electron chi connectivity index (χ1n) is 7.10. The maximum absolute atomic E-state index is 13.0. The highest BCUT2D eigenvalue weighted by Gasteiger charge is 2.34. The van der Waals surface area contributed by atoms with Gasteiger partial charge < -0.3 is 10.2 Å². The smallest absolute Gasteiger partial charge is 0.399 e. The predicted octanol–water partition coefficient (Wildman–Crippen LogP) is 4.19. The number of hydrogen-bond acceptors (Lipinski definition) is 4. The van der Waals surface area contributed by atoms with Crippen molar-refractivity contribution in [3.63, 3.8) is 0 Å². The van der Waals surface area contributed by atoms with E-state index in [1.165, 1.54) is 31.5 Å². The number of nitrogens with zero attached hydrogens (tertiary/aromatic N) is 2. The van der Waals surface area contributed by atoms with E-state index in [1.54, 1.807) is 0 Å². The van der Waals surface area contributed by atoms with Gasteiger partial charge in [-0.15, -0.1) is 0 Å². The van der Waals surface area contributed by atoms with Gasteiger partial charge in [0.15, 0.2) is 0 Å². The van der Waals surface area contributed by atoms with E-state index < -0.39 is 23.2 Å². The summed E-state index contributed by atoms with van der Waals surface area (Å²) in [6, 6.07) is 5.87. The highest BCUT2D eigenvalue weighted by atomic mass is 35.5. The van der Waals surface area contributed by atoms with Crippen LogP contribution in [0, 0.1) is 0 Å². The molecule has 10 heteroatoms. The van der Waals surface area contributed by atoms with Crippen LogP contribution in [0.3, 0.4) is 0 Å². The fourth-order valence-electron chi connectivity index (χ4n) is 2.08. The predicted molar refractivity (Wildman–Crippen MR) is 91.6 cm³/mol. The molecule has 1 N–H and O–H groups in total. The molecule has 0 aliphatic heterocycles. The molecule has 0 aliphatic carbocycles. The van der Waals surface area contributed by atoms with E-state index in [9.17, 15) is 18.0 Å². The van der Waals surface area contributed by atoms with Crippen molar-refractivity contribution in [1.82, 2.24) is 10.3 Å². The average molecular weight is 406 g/mol. The molecule has 1 amide bonds. The fraction of sp³-hybridized carbons (Fsp3) is 0.188. The SMILES string of the molecule is CON=C(CNC(=O)c1ccccc1C(F)(F)F)c1ncc(Cl)cc1Cl. The Labute approximate surface area is 156 Å². The molecule has 0 saturated carbocycles. The Bertz CT molecular complexity index is 842. The van der Waals surface area contributed by atoms with Crippen molar-refractivity contribution in [2.45, 2.75) is 6.18 Å². The van der Waals surface area contributed by atoms with Crippen molar-refractivity contribution in [2.24, 2.45) is 5.16 Å². The van der Waals surface area contributed by atoms with Gasteiger partial charge in [-0.2, -0.15) is 13.2 Å². The number of alkyl halides is 3. The van der Waals surface area contributed by atoms with E-state index in [0.29, 0.717) is 5.02 Å². The number of rotatable bonds is 5. The topological polar surface area (TPSA) is 63.6 Å². The van der Waals surface area contributed by atoms with Crippen LogP contribution >= 0.6 is 23.2 Å². The molecular formula is C16H12Cl2F3N3O2. The third-order valence-electron chi connectivity index (χ3n) is 3.18. The van der Waals surface area contributed by atoms with Gasteiger partial charge in [-0.25, -0.2) is 0 Å². The third-order valence-corrected chi connectivity index (χ3v) is 3.67. The van der Waals surface area contributed by atoms with Crippen molar-refractivity contribution in [1.29, 1.82) is 0 Å². The molecule has 1 heterocycles. The summed E-state index contributed by atoms with van der Waals surface area (Å²) in [6.45, 7) is -0.257. The summed E-state index contributed by atoms with van der Waals surface area (Å²) in [5, 5.41) is 6.51. The third kappa shape index (κ3) is 4.86. The molecule has 0 fully saturated rings. The number of oxime groups is 1. The van der Waals surface area contributed by atoms with Gasteiger partial charge in [-0.05, 0) is 18.2 Å². The van der Waals surface area contributed by atoms with Crippen LogP contribution in [0.4, 0.5) is 13.2 Å². The van der Waals surface area contributed by atoms with E-state index in [0.717, 1.165) is 12.1 Å². The van der Waals surface area contributed by atoms with Crippen LogP contribution in [-0.2, 0) is 11.0 Å². The van der Waals surface area contributed by atoms with Crippen LogP contribution in [0.25, 0.3) is 0 Å². The molecule has 0 atom stereocenters. The summed E-state index contributed by atoms with van der Waals surface area (Å²) in [7, 11) is 1.27. The maximum atomic E-state index is 13.0. The molecular weight excluding hydrogens is 394 g/mol. The second-order valence-corrected chi connectivity index (χ2v) is 5.77. The lowest BCUT2D eigenvalue weighted by Crippen LogP contribution is -2.32. The second-order valence-electron chi connectivity index (χ2n) is 4.93. The first-order chi connectivity index (χ1) is 12.2. The number of benzene rings is 1. The van der Waals surface area contributed by atoms with Gasteiger partial charge in [0.05, 0.1) is 27.7 Å². The minimum absolute atomic E-state index is 0.118. The minimum atomic E-state index is -4.65. The van der Waals surface area contributed by atoms with Gasteiger partial charge in [-0.1, -0.05) is 40.5 Å². The molecule has 1 aromatic heterocycles. The molecule has 0 saturated heterocycles. The summed E-state index contributed by atoms with van der Waals surface area (Å²) < 4.78 is 39.1. The number of halogens is 5. The Morgan fingerprint density at radius 1 is 1.31 bits per heavy atom. The lowest BCUT2D eigenvalue weighted by atomic mass is 10.1. The number of nitrogens with one attached hydrogen (secondary N) is 1. The molecule has 5 nitrogen and oxygen atoms in total. The number of carbonyl (C=O) groups excluding carboxylic acids is 1. The highest BCUT2D eigenvalue weighted by molar-refractivity contribution is 6.36. The zero-order valence-corrected chi connectivity index (χ0v) is 14.8. The van der Waals surface area contributed by atoms with Crippen LogP contribution in [-0.4, -0.2) is 30.3 Å². The summed E-state index contributed by atoms with van der Waals surface area (Å²) in [4.78, 5) is 20.9. The lowest BCUT2D eigenvalue weighted by molar-refractivity contribution is -0.137. The monoisotopic (exact) mass is 405 g/mol. The van der Waals surface area contributed by atoms with Gasteiger partial charge in [-0.3, -0.25) is 9.78 Å². The van der Waals surface area contributed by atoms with Crippen LogP contribution in [0.1, 0.15) is 21.6 Å². The van der Waals surface area contributed by atoms with Gasteiger partial charge in [0.2, 0.25) is 0 Å². The van der Waals surface area contributed by atoms with Crippen molar-refractivity contribution >= 4 is 34.8 Å². The number of aromatic nitrogens is 1. The second kappa shape index (κ2) is 8.37. The molecule has 0 spiro atoms. The zero-order chi connectivity index (χ0) is 19.3. The first-order valence-corrected chi connectivity index (χ1v) is 7.85. The van der Waals surface area contributed by atoms with Gasteiger partial charge in [0.1, 0.15) is 18.5 Å². The average Bonchev–Trinajstić information content (AvgIpc) is 2.58. The van der Waals surface area contributed by atoms with E-state index >= 15 is 0 Å². The largest absolute Gasteiger partial charge is 0.417 e. The Balaban J connectivity index is 2.23. The summed E-state index contributed by atoms with van der Waals surface area (Å²) in [6.07, 6.45) is -3.34. The molecule has 2 aromatic rings. The maximum Gasteiger partial charge on any atom is 0.417 e. The van der Waals surface area contributed by atoms with E-state index in [-0.39, 0.29) is 23.0 Å². The van der Waals surface area contributed by atoms with Crippen LogP contribution in [0.2, 0.25) is 10.0 Å². The van der Waals surface area contributed by atoms with E-state index in [4.69, 9.17) is 23.2 Å². The number of amides is 1. The standard InChI is InChI=1S/C16H12Cl2F3N3O2/c1-26-24-13(14-12(18)6-9(17)7-22-14)8-23-15(25)10-4-2-3-5-11(10)16(19,20)21/h2-7H,8H2,1H3,(H,23,25). The molecule has 138 valence electrons. The number of pyridine rings is 1. The lowest BCUT2D eigenvalue weighted by Gasteiger charge is -2.13. The van der Waals surface area contributed by atoms with Crippen molar-refractivity contribution in [3.8, 4) is 0 Å². The Kier molecular flexibility index (Phi) is 6.44. The normalized spacial score (nSPS) is 12.0. The molecule has 1 aromatic carbocycles. The quantitative estimate of drug-likeness (QED) is 0.599. The molecule has 0 radical (unpaired) electrons. The van der Waals surface area contributed by atoms with E-state index in [2.05, 4.69) is 20.3 Å². The molecule has 0 aliphatic rings. The van der Waals surface area contributed by atoms with Crippen molar-refractivity contribution < 1.29 is 22.8 Å². The van der Waals surface area contributed by atoms with Gasteiger partial charge in [0, 0.05) is 6.20 Å². The van der Waals surface area contributed by atoms with Crippen LogP contribution in [0.5, 0.6) is 0 Å². The van der Waals surface area contributed by atoms with Crippen molar-refractivity contribution in [2.75, 3.05) is 13.7 Å². The van der Waals surface area contributed by atoms with Gasteiger partial charge >= 0.3 is 6.18 Å². The zero-order valence-electron chi connectivity index (χ0n) is 13.3. The summed E-state index contributed by atoms with van der Waals surface area (Å²) >= 11 is 11.8. The van der Waals surface area contributed by atoms with Gasteiger partial charge in [0.25, 0.3) is 5.91 Å². The Morgan fingerprint density at radius 3 is 2.62 bits per heavy atom. The Morgan fingerprint density at radius 2 is 2.00 bits per heavy atom. The number of hydrogen-bond donors (Lipinski definition) is 1. The van der Waals surface area contributed by atoms with E-state index in [1.807, 2.05) is 0 Å².